The van der Waals surface area contributed by atoms with Crippen LogP contribution in [0.5, 0.6) is 0 Å². The number of rotatable bonds is 41. The fourth-order valence-electron chi connectivity index (χ4n) is 7.40. The fourth-order valence-corrected chi connectivity index (χ4v) is 7.40. The van der Waals surface area contributed by atoms with Crippen LogP contribution in [0.3, 0.4) is 0 Å². The molecule has 1 N–H and O–H groups in total. The second-order valence-corrected chi connectivity index (χ2v) is 15.4. The molecule has 0 amide bonds. The van der Waals surface area contributed by atoms with E-state index >= 15 is 0 Å². The maximum atomic E-state index is 12.3. The van der Waals surface area contributed by atoms with Crippen molar-refractivity contribution in [3.05, 3.63) is 0 Å². The summed E-state index contributed by atoms with van der Waals surface area (Å²) in [7, 11) is 0. The molecule has 3 heteroatoms. The lowest BCUT2D eigenvalue weighted by molar-refractivity contribution is -0.119. The molecule has 0 saturated heterocycles. The van der Waals surface area contributed by atoms with Crippen molar-refractivity contribution in [1.29, 1.82) is 0 Å². The zero-order valence-corrected chi connectivity index (χ0v) is 33.0. The molecule has 0 spiro atoms. The molecule has 0 unspecified atom stereocenters. The molecule has 0 radical (unpaired) electrons. The third-order valence-corrected chi connectivity index (χ3v) is 10.7. The highest BCUT2D eigenvalue weighted by Crippen LogP contribution is 2.25. The molecule has 0 heterocycles. The van der Waals surface area contributed by atoms with Gasteiger partial charge in [-0.05, 0) is 44.7 Å². The summed E-state index contributed by atoms with van der Waals surface area (Å²) in [5, 5.41) is 9.58. The van der Waals surface area contributed by atoms with Crippen LogP contribution in [0.2, 0.25) is 0 Å². The first-order chi connectivity index (χ1) is 23.2. The average molecular weight is 664 g/mol. The number of nitrogens with zero attached hydrogens (tertiary/aromatic N) is 1. The Hall–Kier alpha value is -0.410. The third-order valence-electron chi connectivity index (χ3n) is 10.7. The number of hydrogen-bond acceptors (Lipinski definition) is 3. The van der Waals surface area contributed by atoms with Gasteiger partial charge in [0.15, 0.2) is 0 Å². The third kappa shape index (κ3) is 36.7. The lowest BCUT2D eigenvalue weighted by Crippen LogP contribution is -2.29. The van der Waals surface area contributed by atoms with E-state index in [9.17, 15) is 9.90 Å². The van der Waals surface area contributed by atoms with Gasteiger partial charge in [0.25, 0.3) is 0 Å². The summed E-state index contributed by atoms with van der Waals surface area (Å²) in [5.74, 6) is 1.45. The molecular formula is C44H89NO2. The van der Waals surface area contributed by atoms with Gasteiger partial charge in [-0.1, -0.05) is 207 Å². The molecule has 0 atom stereocenters. The quantitative estimate of drug-likeness (QED) is 0.0662. The van der Waals surface area contributed by atoms with Crippen molar-refractivity contribution >= 4 is 5.78 Å². The molecule has 0 saturated carbocycles. The molecule has 0 rings (SSSR count). The minimum atomic E-state index is 0.260. The van der Waals surface area contributed by atoms with E-state index in [2.05, 4.69) is 25.7 Å². The number of Topliss-reactive ketones (excluding diaryl/α,β-unsaturated/α-hetero) is 1. The van der Waals surface area contributed by atoms with E-state index in [0.717, 1.165) is 64.1 Å². The van der Waals surface area contributed by atoms with E-state index in [4.69, 9.17) is 0 Å². The van der Waals surface area contributed by atoms with E-state index in [-0.39, 0.29) is 6.61 Å². The second kappa shape index (κ2) is 40.0. The maximum absolute atomic E-state index is 12.3. The second-order valence-electron chi connectivity index (χ2n) is 15.4. The van der Waals surface area contributed by atoms with Gasteiger partial charge in [0.2, 0.25) is 0 Å². The van der Waals surface area contributed by atoms with Gasteiger partial charge in [-0.25, -0.2) is 0 Å². The number of aliphatic hydroxyl groups is 1. The largest absolute Gasteiger partial charge is 0.395 e. The molecule has 0 aliphatic rings. The fraction of sp³-hybridized carbons (Fsp3) is 0.977. The van der Waals surface area contributed by atoms with Crippen molar-refractivity contribution in [3.63, 3.8) is 0 Å². The van der Waals surface area contributed by atoms with Crippen LogP contribution in [0.4, 0.5) is 0 Å². The Morgan fingerprint density at radius 3 is 1.06 bits per heavy atom. The summed E-state index contributed by atoms with van der Waals surface area (Å²) in [6.45, 7) is 10.2. The molecule has 282 valence electrons. The lowest BCUT2D eigenvalue weighted by atomic mass is 9.89. The molecular weight excluding hydrogens is 574 g/mol. The SMILES string of the molecule is CCCCCCCCCCCCC(=O)CCCCCN(CCO)CCCCCCCC(CCCCCCCC)CCCCCCCC. The molecule has 47 heavy (non-hydrogen) atoms. The number of ketones is 1. The van der Waals surface area contributed by atoms with Crippen LogP contribution in [0.25, 0.3) is 0 Å². The van der Waals surface area contributed by atoms with Crippen molar-refractivity contribution in [2.45, 2.75) is 245 Å². The standard InChI is InChI=1S/C44H89NO2/c1-4-7-10-13-16-17-18-19-24-30-37-44(47)38-31-26-33-40-45(41-42-46)39-32-25-20-23-29-36-43(34-27-21-14-11-8-5-2)35-28-22-15-12-9-6-3/h43,46H,4-42H2,1-3H3. The van der Waals surface area contributed by atoms with Crippen molar-refractivity contribution in [3.8, 4) is 0 Å². The Morgan fingerprint density at radius 2 is 0.702 bits per heavy atom. The molecule has 0 aromatic carbocycles. The van der Waals surface area contributed by atoms with Crippen LogP contribution in [0.1, 0.15) is 245 Å². The zero-order valence-electron chi connectivity index (χ0n) is 33.0. The molecule has 0 aliphatic heterocycles. The molecule has 3 nitrogen and oxygen atoms in total. The Morgan fingerprint density at radius 1 is 0.404 bits per heavy atom. The normalized spacial score (nSPS) is 11.8. The van der Waals surface area contributed by atoms with Gasteiger partial charge in [0.1, 0.15) is 5.78 Å². The Bertz CT molecular complexity index is 577. The van der Waals surface area contributed by atoms with Crippen LogP contribution in [0, 0.1) is 5.92 Å². The van der Waals surface area contributed by atoms with Crippen molar-refractivity contribution in [1.82, 2.24) is 4.90 Å². The van der Waals surface area contributed by atoms with Crippen molar-refractivity contribution in [2.75, 3.05) is 26.2 Å². The van der Waals surface area contributed by atoms with E-state index in [1.54, 1.807) is 0 Å². The molecule has 0 aromatic heterocycles. The minimum Gasteiger partial charge on any atom is -0.395 e. The number of unbranched alkanes of at least 4 members (excludes halogenated alkanes) is 25. The predicted octanol–water partition coefficient (Wildman–Crippen LogP) is 14.2. The Balaban J connectivity index is 3.90. The highest BCUT2D eigenvalue weighted by molar-refractivity contribution is 5.78. The van der Waals surface area contributed by atoms with Gasteiger partial charge in [0, 0.05) is 19.4 Å². The van der Waals surface area contributed by atoms with Crippen LogP contribution >= 0.6 is 0 Å². The Labute approximate surface area is 297 Å². The smallest absolute Gasteiger partial charge is 0.132 e. The maximum Gasteiger partial charge on any atom is 0.132 e. The van der Waals surface area contributed by atoms with Gasteiger partial charge in [-0.2, -0.15) is 0 Å². The highest BCUT2D eigenvalue weighted by atomic mass is 16.3. The average Bonchev–Trinajstić information content (AvgIpc) is 3.07. The predicted molar refractivity (Wildman–Crippen MR) is 211 cm³/mol. The van der Waals surface area contributed by atoms with Crippen LogP contribution < -0.4 is 0 Å². The lowest BCUT2D eigenvalue weighted by Gasteiger charge is -2.21. The van der Waals surface area contributed by atoms with E-state index < -0.39 is 0 Å². The number of carbonyl (C=O) groups is 1. The number of carbonyl (C=O) groups excluding carboxylic acids is 1. The van der Waals surface area contributed by atoms with Gasteiger partial charge >= 0.3 is 0 Å². The zero-order chi connectivity index (χ0) is 34.3. The number of hydrogen-bond donors (Lipinski definition) is 1. The Kier molecular flexibility index (Phi) is 39.7. The summed E-state index contributed by atoms with van der Waals surface area (Å²) in [6, 6.07) is 0. The summed E-state index contributed by atoms with van der Waals surface area (Å²) in [6.07, 6.45) is 46.5. The summed E-state index contributed by atoms with van der Waals surface area (Å²) in [4.78, 5) is 14.8. The number of aliphatic hydroxyl groups excluding tert-OH is 1. The van der Waals surface area contributed by atoms with E-state index in [1.807, 2.05) is 0 Å². The van der Waals surface area contributed by atoms with E-state index in [1.165, 1.54) is 186 Å². The van der Waals surface area contributed by atoms with Crippen molar-refractivity contribution < 1.29 is 9.90 Å². The van der Waals surface area contributed by atoms with E-state index in [0.29, 0.717) is 5.78 Å². The van der Waals surface area contributed by atoms with Gasteiger partial charge in [-0.3, -0.25) is 4.79 Å². The molecule has 0 bridgehead atoms. The highest BCUT2D eigenvalue weighted by Gasteiger charge is 2.10. The van der Waals surface area contributed by atoms with Crippen LogP contribution in [-0.2, 0) is 4.79 Å². The first-order valence-electron chi connectivity index (χ1n) is 22.0. The molecule has 0 aliphatic carbocycles. The summed E-state index contributed by atoms with van der Waals surface area (Å²) < 4.78 is 0. The summed E-state index contributed by atoms with van der Waals surface area (Å²) >= 11 is 0. The van der Waals surface area contributed by atoms with Gasteiger partial charge < -0.3 is 10.0 Å². The minimum absolute atomic E-state index is 0.260. The van der Waals surface area contributed by atoms with Crippen LogP contribution in [0.15, 0.2) is 0 Å². The van der Waals surface area contributed by atoms with Gasteiger partial charge in [-0.15, -0.1) is 0 Å². The molecule has 0 aromatic rings. The van der Waals surface area contributed by atoms with Gasteiger partial charge in [0.05, 0.1) is 6.61 Å². The first-order valence-corrected chi connectivity index (χ1v) is 22.0. The summed E-state index contributed by atoms with van der Waals surface area (Å²) in [5.41, 5.74) is 0. The molecule has 0 fully saturated rings. The van der Waals surface area contributed by atoms with Crippen LogP contribution in [-0.4, -0.2) is 42.0 Å². The van der Waals surface area contributed by atoms with Crippen molar-refractivity contribution in [2.24, 2.45) is 5.92 Å². The topological polar surface area (TPSA) is 40.5 Å². The first kappa shape index (κ1) is 46.6. The monoisotopic (exact) mass is 664 g/mol.